The normalized spacial score (nSPS) is 16.4. The molecular formula is C27H27FN2O4. The van der Waals surface area contributed by atoms with Crippen molar-refractivity contribution in [1.82, 2.24) is 0 Å². The summed E-state index contributed by atoms with van der Waals surface area (Å²) in [6.45, 7) is 4.40. The lowest BCUT2D eigenvalue weighted by molar-refractivity contribution is -0.117. The van der Waals surface area contributed by atoms with Gasteiger partial charge in [0.15, 0.2) is 0 Å². The molecule has 6 nitrogen and oxygen atoms in total. The number of halogens is 1. The third-order valence-corrected chi connectivity index (χ3v) is 5.66. The molecule has 1 aliphatic rings. The number of anilines is 2. The van der Waals surface area contributed by atoms with Crippen LogP contribution in [0.4, 0.5) is 15.8 Å². The lowest BCUT2D eigenvalue weighted by Crippen LogP contribution is -2.17. The minimum Gasteiger partial charge on any atom is -0.492 e. The predicted octanol–water partition coefficient (Wildman–Crippen LogP) is 5.62. The second-order valence-corrected chi connectivity index (χ2v) is 7.99. The summed E-state index contributed by atoms with van der Waals surface area (Å²) in [5, 5.41) is 5.77. The lowest BCUT2D eigenvalue weighted by atomic mass is 10.1. The topological polar surface area (TPSA) is 76.7 Å². The first-order valence-corrected chi connectivity index (χ1v) is 11.4. The smallest absolute Gasteiger partial charge is 0.255 e. The number of hydrogen-bond acceptors (Lipinski definition) is 4. The van der Waals surface area contributed by atoms with E-state index in [0.717, 1.165) is 0 Å². The first kappa shape index (κ1) is 23.3. The van der Waals surface area contributed by atoms with Crippen molar-refractivity contribution >= 4 is 23.2 Å². The van der Waals surface area contributed by atoms with Crippen molar-refractivity contribution in [3.8, 4) is 11.5 Å². The maximum Gasteiger partial charge on any atom is 0.255 e. The summed E-state index contributed by atoms with van der Waals surface area (Å²) >= 11 is 0. The Balaban J connectivity index is 1.56. The van der Waals surface area contributed by atoms with Gasteiger partial charge in [-0.2, -0.15) is 0 Å². The average molecular weight is 463 g/mol. The third-order valence-electron chi connectivity index (χ3n) is 5.66. The van der Waals surface area contributed by atoms with Crippen molar-refractivity contribution < 1.29 is 23.5 Å². The Morgan fingerprint density at radius 2 is 1.47 bits per heavy atom. The van der Waals surface area contributed by atoms with Crippen LogP contribution in [0, 0.1) is 11.7 Å². The molecule has 2 N–H and O–H groups in total. The number of carbonyl (C=O) groups is 2. The highest BCUT2D eigenvalue weighted by Crippen LogP contribution is 2.49. The number of benzene rings is 3. The van der Waals surface area contributed by atoms with Crippen molar-refractivity contribution in [2.75, 3.05) is 23.8 Å². The molecular weight excluding hydrogens is 435 g/mol. The molecule has 0 spiro atoms. The average Bonchev–Trinajstić information content (AvgIpc) is 3.63. The summed E-state index contributed by atoms with van der Waals surface area (Å²) in [5.74, 6) is -0.441. The van der Waals surface area contributed by atoms with Crippen LogP contribution in [-0.4, -0.2) is 25.0 Å². The summed E-state index contributed by atoms with van der Waals surface area (Å²) in [6, 6.07) is 18.7. The molecule has 0 aromatic heterocycles. The number of hydrogen-bond donors (Lipinski definition) is 2. The largest absolute Gasteiger partial charge is 0.492 e. The zero-order valence-electron chi connectivity index (χ0n) is 19.1. The van der Waals surface area contributed by atoms with Crippen molar-refractivity contribution in [1.29, 1.82) is 0 Å². The summed E-state index contributed by atoms with van der Waals surface area (Å²) in [5.41, 5.74) is 1.94. The Kier molecular flexibility index (Phi) is 7.11. The number of rotatable bonds is 9. The van der Waals surface area contributed by atoms with E-state index < -0.39 is 0 Å². The maximum atomic E-state index is 14.1. The third kappa shape index (κ3) is 5.20. The van der Waals surface area contributed by atoms with Gasteiger partial charge in [0.2, 0.25) is 5.91 Å². The van der Waals surface area contributed by atoms with Gasteiger partial charge in [-0.25, -0.2) is 4.39 Å². The summed E-state index contributed by atoms with van der Waals surface area (Å²) in [4.78, 5) is 25.6. The summed E-state index contributed by atoms with van der Waals surface area (Å²) < 4.78 is 25.6. The van der Waals surface area contributed by atoms with Gasteiger partial charge in [-0.3, -0.25) is 9.59 Å². The number of ether oxygens (including phenoxy) is 2. The highest BCUT2D eigenvalue weighted by molar-refractivity contribution is 6.05. The van der Waals surface area contributed by atoms with Crippen molar-refractivity contribution in [3.63, 3.8) is 0 Å². The Morgan fingerprint density at radius 3 is 2.09 bits per heavy atom. The van der Waals surface area contributed by atoms with E-state index in [9.17, 15) is 14.0 Å². The zero-order valence-corrected chi connectivity index (χ0v) is 19.1. The first-order chi connectivity index (χ1) is 16.5. The first-order valence-electron chi connectivity index (χ1n) is 11.4. The van der Waals surface area contributed by atoms with Crippen LogP contribution in [0.3, 0.4) is 0 Å². The van der Waals surface area contributed by atoms with Gasteiger partial charge in [0.25, 0.3) is 5.91 Å². The molecule has 1 saturated carbocycles. The molecule has 7 heteroatoms. The zero-order chi connectivity index (χ0) is 24.1. The van der Waals surface area contributed by atoms with E-state index >= 15 is 0 Å². The van der Waals surface area contributed by atoms with E-state index in [2.05, 4.69) is 10.6 Å². The van der Waals surface area contributed by atoms with Crippen LogP contribution in [0.5, 0.6) is 11.5 Å². The molecule has 0 heterocycles. The van der Waals surface area contributed by atoms with Gasteiger partial charge in [-0.1, -0.05) is 36.4 Å². The molecule has 0 radical (unpaired) electrons. The van der Waals surface area contributed by atoms with Gasteiger partial charge in [0, 0.05) is 23.6 Å². The van der Waals surface area contributed by atoms with E-state index in [0.29, 0.717) is 53.6 Å². The molecule has 0 bridgehead atoms. The predicted molar refractivity (Wildman–Crippen MR) is 129 cm³/mol. The fourth-order valence-corrected chi connectivity index (χ4v) is 3.92. The van der Waals surface area contributed by atoms with E-state index in [1.165, 1.54) is 6.07 Å². The molecule has 2 unspecified atom stereocenters. The highest BCUT2D eigenvalue weighted by Gasteiger charge is 2.45. The van der Waals surface area contributed by atoms with Crippen LogP contribution < -0.4 is 20.1 Å². The quantitative estimate of drug-likeness (QED) is 0.433. The van der Waals surface area contributed by atoms with Crippen LogP contribution in [0.1, 0.15) is 42.1 Å². The molecule has 3 aromatic rings. The molecule has 34 heavy (non-hydrogen) atoms. The molecule has 0 aliphatic heterocycles. The molecule has 2 amide bonds. The van der Waals surface area contributed by atoms with Crippen LogP contribution in [-0.2, 0) is 4.79 Å². The van der Waals surface area contributed by atoms with E-state index in [4.69, 9.17) is 9.47 Å². The summed E-state index contributed by atoms with van der Waals surface area (Å²) in [6.07, 6.45) is 0.584. The van der Waals surface area contributed by atoms with Gasteiger partial charge in [-0.15, -0.1) is 0 Å². The molecule has 1 fully saturated rings. The molecule has 3 aromatic carbocycles. The van der Waals surface area contributed by atoms with Crippen LogP contribution in [0.25, 0.3) is 0 Å². The molecule has 176 valence electrons. The maximum absolute atomic E-state index is 14.1. The van der Waals surface area contributed by atoms with Gasteiger partial charge in [-0.05, 0) is 49.9 Å². The monoisotopic (exact) mass is 462 g/mol. The van der Waals surface area contributed by atoms with Crippen LogP contribution >= 0.6 is 0 Å². The molecule has 4 rings (SSSR count). The number of carbonyl (C=O) groups excluding carboxylic acids is 2. The van der Waals surface area contributed by atoms with Gasteiger partial charge in [0.05, 0.1) is 24.6 Å². The SMILES string of the molecule is CCOc1cc(NC(=O)C2CC2c2ccccc2F)c(OCC)cc1NC(=O)c1ccccc1. The molecule has 2 atom stereocenters. The van der Waals surface area contributed by atoms with Crippen molar-refractivity contribution in [2.45, 2.75) is 26.2 Å². The highest BCUT2D eigenvalue weighted by atomic mass is 19.1. The van der Waals surface area contributed by atoms with E-state index in [-0.39, 0.29) is 29.5 Å². The fourth-order valence-electron chi connectivity index (χ4n) is 3.92. The van der Waals surface area contributed by atoms with Gasteiger partial charge >= 0.3 is 0 Å². The molecule has 0 saturated heterocycles. The molecule has 1 aliphatic carbocycles. The van der Waals surface area contributed by atoms with Gasteiger partial charge in [0.1, 0.15) is 17.3 Å². The van der Waals surface area contributed by atoms with Gasteiger partial charge < -0.3 is 20.1 Å². The Morgan fingerprint density at radius 1 is 0.882 bits per heavy atom. The Bertz CT molecular complexity index is 1180. The Hall–Kier alpha value is -3.87. The van der Waals surface area contributed by atoms with E-state index in [1.54, 1.807) is 54.6 Å². The van der Waals surface area contributed by atoms with Crippen molar-refractivity contribution in [2.24, 2.45) is 5.92 Å². The van der Waals surface area contributed by atoms with Crippen LogP contribution in [0.15, 0.2) is 66.7 Å². The lowest BCUT2D eigenvalue weighted by Gasteiger charge is -2.18. The van der Waals surface area contributed by atoms with E-state index in [1.807, 2.05) is 19.9 Å². The Labute approximate surface area is 198 Å². The van der Waals surface area contributed by atoms with Crippen molar-refractivity contribution in [3.05, 3.63) is 83.7 Å². The number of nitrogens with one attached hydrogen (secondary N) is 2. The van der Waals surface area contributed by atoms with Crippen LogP contribution in [0.2, 0.25) is 0 Å². The second kappa shape index (κ2) is 10.4. The minimum absolute atomic E-state index is 0.146. The summed E-state index contributed by atoms with van der Waals surface area (Å²) in [7, 11) is 0. The number of amides is 2. The fraction of sp³-hybridized carbons (Fsp3) is 0.259. The minimum atomic E-state index is -0.320. The standard InChI is InChI=1S/C27H27FN2O4/c1-3-33-24-16-23(30-27(32)20-14-19(20)18-12-8-9-13-21(18)28)25(34-4-2)15-22(24)29-26(31)17-10-6-5-7-11-17/h5-13,15-16,19-20H,3-4,14H2,1-2H3,(H,29,31)(H,30,32). The second-order valence-electron chi connectivity index (χ2n) is 7.99.